The molecule has 0 heterocycles. The lowest BCUT2D eigenvalue weighted by molar-refractivity contribution is -0.384. The van der Waals surface area contributed by atoms with Crippen LogP contribution in [-0.2, 0) is 4.79 Å². The summed E-state index contributed by atoms with van der Waals surface area (Å²) in [6, 6.07) is 5.42. The molecule has 1 N–H and O–H groups in total. The van der Waals surface area contributed by atoms with Gasteiger partial charge < -0.3 is 4.74 Å². The number of carbonyl (C=O) groups is 1. The van der Waals surface area contributed by atoms with Gasteiger partial charge in [-0.1, -0.05) is 6.07 Å². The number of ether oxygens (including phenoxy) is 1. The minimum atomic E-state index is -0.617. The fraction of sp³-hybridized carbons (Fsp3) is 0.111. The van der Waals surface area contributed by atoms with Gasteiger partial charge in [0.1, 0.15) is 5.75 Å². The average molecular weight is 221 g/mol. The van der Waals surface area contributed by atoms with Gasteiger partial charge in [-0.05, 0) is 6.07 Å². The molecule has 1 aromatic rings. The SMILES string of the molecule is N#CNC(=O)COc1cccc([N+](=O)[O-])c1. The third-order valence-electron chi connectivity index (χ3n) is 1.59. The van der Waals surface area contributed by atoms with E-state index in [0.29, 0.717) is 0 Å². The van der Waals surface area contributed by atoms with Crippen molar-refractivity contribution in [3.63, 3.8) is 0 Å². The van der Waals surface area contributed by atoms with Crippen molar-refractivity contribution in [2.75, 3.05) is 6.61 Å². The molecule has 82 valence electrons. The van der Waals surface area contributed by atoms with Crippen molar-refractivity contribution in [3.05, 3.63) is 34.4 Å². The van der Waals surface area contributed by atoms with Crippen molar-refractivity contribution in [1.82, 2.24) is 5.32 Å². The molecule has 0 spiro atoms. The number of non-ortho nitro benzene ring substituents is 1. The topological polar surface area (TPSA) is 105 Å². The van der Waals surface area contributed by atoms with E-state index in [0.717, 1.165) is 0 Å². The van der Waals surface area contributed by atoms with Crippen LogP contribution in [0.3, 0.4) is 0 Å². The third kappa shape index (κ3) is 3.26. The number of nitrogens with one attached hydrogen (secondary N) is 1. The van der Waals surface area contributed by atoms with Gasteiger partial charge in [0.15, 0.2) is 12.8 Å². The monoisotopic (exact) mass is 221 g/mol. The summed E-state index contributed by atoms with van der Waals surface area (Å²) in [5.41, 5.74) is -0.127. The fourth-order valence-corrected chi connectivity index (χ4v) is 0.934. The molecule has 0 aliphatic heterocycles. The first-order chi connectivity index (χ1) is 7.63. The molecule has 0 aliphatic carbocycles. The number of carbonyl (C=O) groups excluding carboxylic acids is 1. The number of nitro benzene ring substituents is 1. The predicted molar refractivity (Wildman–Crippen MR) is 52.3 cm³/mol. The number of rotatable bonds is 4. The maximum absolute atomic E-state index is 10.8. The number of amides is 1. The van der Waals surface area contributed by atoms with Gasteiger partial charge in [-0.15, -0.1) is 0 Å². The molecule has 0 saturated carbocycles. The van der Waals surface area contributed by atoms with Crippen LogP contribution in [0.4, 0.5) is 5.69 Å². The molecular weight excluding hydrogens is 214 g/mol. The highest BCUT2D eigenvalue weighted by Crippen LogP contribution is 2.18. The van der Waals surface area contributed by atoms with Gasteiger partial charge in [-0.3, -0.25) is 20.2 Å². The van der Waals surface area contributed by atoms with E-state index < -0.39 is 10.8 Å². The summed E-state index contributed by atoms with van der Waals surface area (Å²) >= 11 is 0. The molecule has 1 aromatic carbocycles. The minimum absolute atomic E-state index is 0.127. The zero-order valence-corrected chi connectivity index (χ0v) is 8.04. The largest absolute Gasteiger partial charge is 0.483 e. The Morgan fingerprint density at radius 1 is 1.62 bits per heavy atom. The molecule has 1 amide bonds. The number of hydrogen-bond donors (Lipinski definition) is 1. The lowest BCUT2D eigenvalue weighted by Gasteiger charge is -2.03. The van der Waals surface area contributed by atoms with Gasteiger partial charge in [-0.2, -0.15) is 5.26 Å². The second-order valence-electron chi connectivity index (χ2n) is 2.70. The van der Waals surface area contributed by atoms with Gasteiger partial charge in [-0.25, -0.2) is 0 Å². The van der Waals surface area contributed by atoms with E-state index in [1.165, 1.54) is 30.5 Å². The van der Waals surface area contributed by atoms with Gasteiger partial charge in [0, 0.05) is 6.07 Å². The van der Waals surface area contributed by atoms with E-state index in [-0.39, 0.29) is 18.0 Å². The van der Waals surface area contributed by atoms with Crippen molar-refractivity contribution in [2.24, 2.45) is 0 Å². The summed E-state index contributed by atoms with van der Waals surface area (Å²) in [5, 5.41) is 20.4. The molecule has 0 saturated heterocycles. The van der Waals surface area contributed by atoms with Crippen molar-refractivity contribution in [3.8, 4) is 11.9 Å². The number of nitrogens with zero attached hydrogens (tertiary/aromatic N) is 2. The van der Waals surface area contributed by atoms with E-state index in [9.17, 15) is 14.9 Å². The first-order valence-corrected chi connectivity index (χ1v) is 4.18. The average Bonchev–Trinajstić information content (AvgIpc) is 2.27. The maximum Gasteiger partial charge on any atom is 0.273 e. The summed E-state index contributed by atoms with van der Waals surface area (Å²) in [6.45, 7) is -0.366. The van der Waals surface area contributed by atoms with Crippen molar-refractivity contribution in [2.45, 2.75) is 0 Å². The molecular formula is C9H7N3O4. The summed E-state index contributed by atoms with van der Waals surface area (Å²) in [7, 11) is 0. The number of hydrogen-bond acceptors (Lipinski definition) is 5. The highest BCUT2D eigenvalue weighted by molar-refractivity contribution is 5.78. The Morgan fingerprint density at radius 2 is 2.38 bits per heavy atom. The normalized spacial score (nSPS) is 8.94. The molecule has 0 unspecified atom stereocenters. The first kappa shape index (κ1) is 11.5. The smallest absolute Gasteiger partial charge is 0.273 e. The highest BCUT2D eigenvalue weighted by Gasteiger charge is 2.07. The van der Waals surface area contributed by atoms with Crippen LogP contribution in [0.2, 0.25) is 0 Å². The Kier molecular flexibility index (Phi) is 3.80. The Bertz CT molecular complexity index is 452. The van der Waals surface area contributed by atoms with Gasteiger partial charge in [0.25, 0.3) is 11.6 Å². The molecule has 0 atom stereocenters. The van der Waals surface area contributed by atoms with E-state index in [2.05, 4.69) is 0 Å². The number of nitriles is 1. The summed E-state index contributed by atoms with van der Waals surface area (Å²) in [4.78, 5) is 20.7. The Balaban J connectivity index is 2.61. The molecule has 0 bridgehead atoms. The Labute approximate surface area is 90.4 Å². The van der Waals surface area contributed by atoms with Crippen LogP contribution >= 0.6 is 0 Å². The zero-order valence-electron chi connectivity index (χ0n) is 8.04. The van der Waals surface area contributed by atoms with Crippen molar-refractivity contribution < 1.29 is 14.5 Å². The molecule has 0 aliphatic rings. The van der Waals surface area contributed by atoms with Crippen LogP contribution in [0.15, 0.2) is 24.3 Å². The lowest BCUT2D eigenvalue weighted by Crippen LogP contribution is -2.24. The zero-order chi connectivity index (χ0) is 12.0. The molecule has 0 fully saturated rings. The second kappa shape index (κ2) is 5.31. The van der Waals surface area contributed by atoms with Gasteiger partial charge >= 0.3 is 0 Å². The summed E-state index contributed by atoms with van der Waals surface area (Å²) < 4.78 is 4.94. The highest BCUT2D eigenvalue weighted by atomic mass is 16.6. The molecule has 0 radical (unpaired) electrons. The van der Waals surface area contributed by atoms with Gasteiger partial charge in [0.2, 0.25) is 0 Å². The Hall–Kier alpha value is -2.62. The van der Waals surface area contributed by atoms with Gasteiger partial charge in [0.05, 0.1) is 11.0 Å². The first-order valence-electron chi connectivity index (χ1n) is 4.18. The van der Waals surface area contributed by atoms with E-state index in [1.54, 1.807) is 0 Å². The summed E-state index contributed by atoms with van der Waals surface area (Å²) in [5.74, 6) is -0.420. The molecule has 7 nitrogen and oxygen atoms in total. The summed E-state index contributed by atoms with van der Waals surface area (Å²) in [6.07, 6.45) is 1.45. The van der Waals surface area contributed by atoms with Crippen LogP contribution in [0, 0.1) is 21.6 Å². The van der Waals surface area contributed by atoms with Crippen molar-refractivity contribution >= 4 is 11.6 Å². The fourth-order valence-electron chi connectivity index (χ4n) is 0.934. The van der Waals surface area contributed by atoms with Crippen LogP contribution < -0.4 is 10.1 Å². The van der Waals surface area contributed by atoms with Crippen LogP contribution in [0.5, 0.6) is 5.75 Å². The van der Waals surface area contributed by atoms with E-state index in [4.69, 9.17) is 10.00 Å². The molecule has 0 aromatic heterocycles. The minimum Gasteiger partial charge on any atom is -0.483 e. The van der Waals surface area contributed by atoms with Crippen molar-refractivity contribution in [1.29, 1.82) is 5.26 Å². The standard InChI is InChI=1S/C9H7N3O4/c10-6-11-9(13)5-16-8-3-1-2-7(4-8)12(14)15/h1-4H,5H2,(H,11,13). The van der Waals surface area contributed by atoms with Crippen LogP contribution in [0.25, 0.3) is 0 Å². The second-order valence-corrected chi connectivity index (χ2v) is 2.70. The maximum atomic E-state index is 10.8. The third-order valence-corrected chi connectivity index (χ3v) is 1.59. The van der Waals surface area contributed by atoms with Crippen LogP contribution in [-0.4, -0.2) is 17.4 Å². The lowest BCUT2D eigenvalue weighted by atomic mass is 10.3. The number of benzene rings is 1. The van der Waals surface area contributed by atoms with E-state index >= 15 is 0 Å². The number of nitro groups is 1. The molecule has 1 rings (SSSR count). The quantitative estimate of drug-likeness (QED) is 0.346. The Morgan fingerprint density at radius 3 is 3.00 bits per heavy atom. The molecule has 16 heavy (non-hydrogen) atoms. The van der Waals surface area contributed by atoms with E-state index in [1.807, 2.05) is 5.32 Å². The van der Waals surface area contributed by atoms with Crippen LogP contribution in [0.1, 0.15) is 0 Å². The predicted octanol–water partition coefficient (Wildman–Crippen LogP) is 0.571. The molecule has 7 heteroatoms.